The zero-order valence-corrected chi connectivity index (χ0v) is 12.1. The first kappa shape index (κ1) is 14.4. The Bertz CT molecular complexity index is 513. The Labute approximate surface area is 121 Å². The second-order valence-electron chi connectivity index (χ2n) is 4.88. The van der Waals surface area contributed by atoms with Gasteiger partial charge in [0, 0.05) is 30.9 Å². The molecule has 2 aromatic rings. The molecular weight excluding hydrogens is 248 g/mol. The standard InChI is InChI=1S/C17H22N2O/c1-14(18-13-15-7-4-3-5-8-15)12-19-16-9-6-10-17(11-16)20-2/h3-11,14,18-19H,12-13H2,1-2H3/t14-/m1/s1. The summed E-state index contributed by atoms with van der Waals surface area (Å²) in [4.78, 5) is 0. The number of hydrogen-bond donors (Lipinski definition) is 2. The summed E-state index contributed by atoms with van der Waals surface area (Å²) in [6.07, 6.45) is 0. The van der Waals surface area contributed by atoms with Gasteiger partial charge in [0.2, 0.25) is 0 Å². The van der Waals surface area contributed by atoms with Crippen molar-refractivity contribution in [3.63, 3.8) is 0 Å². The van der Waals surface area contributed by atoms with E-state index in [1.165, 1.54) is 5.56 Å². The number of methoxy groups -OCH3 is 1. The van der Waals surface area contributed by atoms with E-state index in [9.17, 15) is 0 Å². The summed E-state index contributed by atoms with van der Waals surface area (Å²) in [5, 5.41) is 6.92. The molecule has 0 bridgehead atoms. The van der Waals surface area contributed by atoms with Crippen molar-refractivity contribution < 1.29 is 4.74 Å². The van der Waals surface area contributed by atoms with Gasteiger partial charge in [0.15, 0.2) is 0 Å². The third kappa shape index (κ3) is 4.59. The summed E-state index contributed by atoms with van der Waals surface area (Å²) in [6, 6.07) is 18.8. The molecule has 0 aromatic heterocycles. The van der Waals surface area contributed by atoms with Gasteiger partial charge >= 0.3 is 0 Å². The Balaban J connectivity index is 1.75. The third-order valence-electron chi connectivity index (χ3n) is 3.18. The van der Waals surface area contributed by atoms with Crippen LogP contribution in [0.5, 0.6) is 5.75 Å². The van der Waals surface area contributed by atoms with Crippen molar-refractivity contribution in [2.24, 2.45) is 0 Å². The lowest BCUT2D eigenvalue weighted by Gasteiger charge is -2.16. The first-order valence-corrected chi connectivity index (χ1v) is 6.93. The van der Waals surface area contributed by atoms with Crippen LogP contribution < -0.4 is 15.4 Å². The Morgan fingerprint density at radius 1 is 1.05 bits per heavy atom. The van der Waals surface area contributed by atoms with Gasteiger partial charge in [-0.1, -0.05) is 36.4 Å². The number of nitrogens with one attached hydrogen (secondary N) is 2. The second-order valence-corrected chi connectivity index (χ2v) is 4.88. The molecule has 0 aliphatic rings. The highest BCUT2D eigenvalue weighted by atomic mass is 16.5. The van der Waals surface area contributed by atoms with Gasteiger partial charge < -0.3 is 15.4 Å². The number of benzene rings is 2. The molecule has 2 rings (SSSR count). The highest BCUT2D eigenvalue weighted by Crippen LogP contribution is 2.16. The van der Waals surface area contributed by atoms with E-state index in [0.717, 1.165) is 24.5 Å². The largest absolute Gasteiger partial charge is 0.497 e. The fraction of sp³-hybridized carbons (Fsp3) is 0.294. The minimum Gasteiger partial charge on any atom is -0.497 e. The summed E-state index contributed by atoms with van der Waals surface area (Å²) >= 11 is 0. The molecule has 1 atom stereocenters. The molecule has 0 fully saturated rings. The van der Waals surface area contributed by atoms with Gasteiger partial charge in [-0.15, -0.1) is 0 Å². The van der Waals surface area contributed by atoms with Crippen LogP contribution in [0.4, 0.5) is 5.69 Å². The molecule has 0 amide bonds. The molecule has 2 N–H and O–H groups in total. The molecule has 0 heterocycles. The van der Waals surface area contributed by atoms with Gasteiger partial charge in [-0.3, -0.25) is 0 Å². The fourth-order valence-corrected chi connectivity index (χ4v) is 1.96. The zero-order valence-electron chi connectivity index (χ0n) is 12.1. The molecular formula is C17H22N2O. The highest BCUT2D eigenvalue weighted by molar-refractivity contribution is 5.48. The predicted molar refractivity (Wildman–Crippen MR) is 84.2 cm³/mol. The van der Waals surface area contributed by atoms with E-state index in [4.69, 9.17) is 4.74 Å². The van der Waals surface area contributed by atoms with Crippen LogP contribution >= 0.6 is 0 Å². The Kier molecular flexibility index (Phi) is 5.44. The SMILES string of the molecule is COc1cccc(NC[C@@H](C)NCc2ccccc2)c1. The highest BCUT2D eigenvalue weighted by Gasteiger charge is 2.02. The molecule has 0 spiro atoms. The van der Waals surface area contributed by atoms with Crippen LogP contribution in [-0.4, -0.2) is 19.7 Å². The first-order valence-electron chi connectivity index (χ1n) is 6.93. The third-order valence-corrected chi connectivity index (χ3v) is 3.18. The van der Waals surface area contributed by atoms with E-state index in [1.807, 2.05) is 30.3 Å². The fourth-order valence-electron chi connectivity index (χ4n) is 1.96. The van der Waals surface area contributed by atoms with Crippen LogP contribution in [-0.2, 0) is 6.54 Å². The molecule has 106 valence electrons. The molecule has 0 aliphatic heterocycles. The summed E-state index contributed by atoms with van der Waals surface area (Å²) in [6.45, 7) is 3.94. The van der Waals surface area contributed by atoms with Crippen molar-refractivity contribution >= 4 is 5.69 Å². The van der Waals surface area contributed by atoms with E-state index in [2.05, 4.69) is 41.8 Å². The Morgan fingerprint density at radius 2 is 1.85 bits per heavy atom. The van der Waals surface area contributed by atoms with Gasteiger partial charge in [0.1, 0.15) is 5.75 Å². The Hall–Kier alpha value is -2.00. The molecule has 0 saturated heterocycles. The van der Waals surface area contributed by atoms with Crippen molar-refractivity contribution in [3.8, 4) is 5.75 Å². The molecule has 3 nitrogen and oxygen atoms in total. The summed E-state index contributed by atoms with van der Waals surface area (Å²) < 4.78 is 5.21. The normalized spacial score (nSPS) is 11.9. The van der Waals surface area contributed by atoms with Crippen LogP contribution in [0, 0.1) is 0 Å². The lowest BCUT2D eigenvalue weighted by Crippen LogP contribution is -2.32. The number of hydrogen-bond acceptors (Lipinski definition) is 3. The van der Waals surface area contributed by atoms with Crippen molar-refractivity contribution in [1.29, 1.82) is 0 Å². The van der Waals surface area contributed by atoms with E-state index >= 15 is 0 Å². The quantitative estimate of drug-likeness (QED) is 0.810. The predicted octanol–water partition coefficient (Wildman–Crippen LogP) is 3.29. The number of rotatable bonds is 7. The van der Waals surface area contributed by atoms with E-state index in [-0.39, 0.29) is 0 Å². The molecule has 2 aromatic carbocycles. The van der Waals surface area contributed by atoms with E-state index < -0.39 is 0 Å². The molecule has 0 saturated carbocycles. The average Bonchev–Trinajstić information content (AvgIpc) is 2.52. The smallest absolute Gasteiger partial charge is 0.120 e. The van der Waals surface area contributed by atoms with Crippen LogP contribution in [0.2, 0.25) is 0 Å². The van der Waals surface area contributed by atoms with Crippen molar-refractivity contribution in [2.75, 3.05) is 19.0 Å². The maximum atomic E-state index is 5.21. The minimum atomic E-state index is 0.390. The van der Waals surface area contributed by atoms with Crippen LogP contribution in [0.25, 0.3) is 0 Å². The number of anilines is 1. The summed E-state index contributed by atoms with van der Waals surface area (Å²) in [7, 11) is 1.68. The lowest BCUT2D eigenvalue weighted by atomic mass is 10.2. The van der Waals surface area contributed by atoms with Gasteiger partial charge in [-0.2, -0.15) is 0 Å². The van der Waals surface area contributed by atoms with E-state index in [0.29, 0.717) is 6.04 Å². The van der Waals surface area contributed by atoms with Crippen LogP contribution in [0.3, 0.4) is 0 Å². The first-order chi connectivity index (χ1) is 9.78. The average molecular weight is 270 g/mol. The molecule has 0 unspecified atom stereocenters. The number of ether oxygens (including phenoxy) is 1. The molecule has 0 radical (unpaired) electrons. The van der Waals surface area contributed by atoms with Crippen LogP contribution in [0.1, 0.15) is 12.5 Å². The molecule has 3 heteroatoms. The van der Waals surface area contributed by atoms with Gasteiger partial charge in [0.25, 0.3) is 0 Å². The second kappa shape index (κ2) is 7.56. The van der Waals surface area contributed by atoms with Crippen molar-refractivity contribution in [2.45, 2.75) is 19.5 Å². The molecule has 20 heavy (non-hydrogen) atoms. The van der Waals surface area contributed by atoms with Crippen LogP contribution in [0.15, 0.2) is 54.6 Å². The zero-order chi connectivity index (χ0) is 14.2. The topological polar surface area (TPSA) is 33.3 Å². The minimum absolute atomic E-state index is 0.390. The monoisotopic (exact) mass is 270 g/mol. The van der Waals surface area contributed by atoms with Crippen molar-refractivity contribution in [3.05, 3.63) is 60.2 Å². The Morgan fingerprint density at radius 3 is 2.60 bits per heavy atom. The van der Waals surface area contributed by atoms with Crippen molar-refractivity contribution in [1.82, 2.24) is 5.32 Å². The maximum absolute atomic E-state index is 5.21. The molecule has 0 aliphatic carbocycles. The summed E-state index contributed by atoms with van der Waals surface area (Å²) in [5.74, 6) is 0.875. The summed E-state index contributed by atoms with van der Waals surface area (Å²) in [5.41, 5.74) is 2.39. The van der Waals surface area contributed by atoms with E-state index in [1.54, 1.807) is 7.11 Å². The van der Waals surface area contributed by atoms with Gasteiger partial charge in [-0.25, -0.2) is 0 Å². The van der Waals surface area contributed by atoms with Gasteiger partial charge in [-0.05, 0) is 24.6 Å². The maximum Gasteiger partial charge on any atom is 0.120 e. The van der Waals surface area contributed by atoms with Gasteiger partial charge in [0.05, 0.1) is 7.11 Å². The lowest BCUT2D eigenvalue weighted by molar-refractivity contribution is 0.415.